The van der Waals surface area contributed by atoms with Crippen LogP contribution in [0, 0.1) is 6.92 Å². The fourth-order valence-corrected chi connectivity index (χ4v) is 4.35. The SMILES string of the molecule is Cc1cc(N2CCCC2=O)ccc1S(=O)(=O)NCCCCN(C)C(C)C. The van der Waals surface area contributed by atoms with Crippen molar-refractivity contribution < 1.29 is 13.2 Å². The van der Waals surface area contributed by atoms with Crippen molar-refractivity contribution in [1.82, 2.24) is 9.62 Å². The fourth-order valence-electron chi connectivity index (χ4n) is 3.05. The van der Waals surface area contributed by atoms with E-state index in [-0.39, 0.29) is 10.8 Å². The third kappa shape index (κ3) is 5.28. The third-order valence-electron chi connectivity index (χ3n) is 4.94. The molecule has 1 saturated heterocycles. The molecular weight excluding hydrogens is 350 g/mol. The van der Waals surface area contributed by atoms with Crippen LogP contribution in [0.3, 0.4) is 0 Å². The van der Waals surface area contributed by atoms with E-state index in [2.05, 4.69) is 30.5 Å². The quantitative estimate of drug-likeness (QED) is 0.668. The molecule has 0 atom stereocenters. The number of rotatable bonds is 9. The molecule has 0 radical (unpaired) electrons. The lowest BCUT2D eigenvalue weighted by atomic mass is 10.2. The molecule has 7 heteroatoms. The number of hydrogen-bond acceptors (Lipinski definition) is 4. The van der Waals surface area contributed by atoms with Gasteiger partial charge in [0.15, 0.2) is 0 Å². The van der Waals surface area contributed by atoms with Gasteiger partial charge in [0, 0.05) is 31.2 Å². The van der Waals surface area contributed by atoms with Crippen molar-refractivity contribution in [3.05, 3.63) is 23.8 Å². The Morgan fingerprint density at radius 1 is 1.27 bits per heavy atom. The molecular formula is C19H31N3O3S. The molecule has 1 aliphatic heterocycles. The van der Waals surface area contributed by atoms with E-state index >= 15 is 0 Å². The molecule has 0 aromatic heterocycles. The van der Waals surface area contributed by atoms with E-state index in [0.717, 1.165) is 31.5 Å². The van der Waals surface area contributed by atoms with Crippen molar-refractivity contribution in [3.63, 3.8) is 0 Å². The van der Waals surface area contributed by atoms with Gasteiger partial charge in [0.25, 0.3) is 0 Å². The molecule has 0 spiro atoms. The van der Waals surface area contributed by atoms with Gasteiger partial charge in [0.2, 0.25) is 15.9 Å². The molecule has 0 saturated carbocycles. The predicted molar refractivity (Wildman–Crippen MR) is 105 cm³/mol. The van der Waals surface area contributed by atoms with Crippen LogP contribution < -0.4 is 9.62 Å². The van der Waals surface area contributed by atoms with Crippen LogP contribution in [0.2, 0.25) is 0 Å². The van der Waals surface area contributed by atoms with Gasteiger partial charge in [-0.2, -0.15) is 0 Å². The van der Waals surface area contributed by atoms with Crippen molar-refractivity contribution in [2.75, 3.05) is 31.6 Å². The number of amides is 1. The molecule has 0 unspecified atom stereocenters. The van der Waals surface area contributed by atoms with Crippen LogP contribution in [0.15, 0.2) is 23.1 Å². The minimum atomic E-state index is -3.53. The highest BCUT2D eigenvalue weighted by molar-refractivity contribution is 7.89. The normalized spacial score (nSPS) is 15.5. The molecule has 1 amide bonds. The molecule has 1 aliphatic rings. The zero-order valence-corrected chi connectivity index (χ0v) is 17.1. The van der Waals surface area contributed by atoms with E-state index in [1.807, 2.05) is 0 Å². The van der Waals surface area contributed by atoms with Crippen LogP contribution in [0.4, 0.5) is 5.69 Å². The average molecular weight is 382 g/mol. The molecule has 146 valence electrons. The number of sulfonamides is 1. The van der Waals surface area contributed by atoms with E-state index in [9.17, 15) is 13.2 Å². The summed E-state index contributed by atoms with van der Waals surface area (Å²) in [7, 11) is -1.45. The Morgan fingerprint density at radius 2 is 2.00 bits per heavy atom. The van der Waals surface area contributed by atoms with E-state index in [4.69, 9.17) is 0 Å². The minimum Gasteiger partial charge on any atom is -0.312 e. The molecule has 1 aromatic carbocycles. The molecule has 1 heterocycles. The van der Waals surface area contributed by atoms with Crippen molar-refractivity contribution in [2.24, 2.45) is 0 Å². The van der Waals surface area contributed by atoms with Crippen LogP contribution in [0.5, 0.6) is 0 Å². The van der Waals surface area contributed by atoms with Crippen molar-refractivity contribution in [1.29, 1.82) is 0 Å². The van der Waals surface area contributed by atoms with Crippen molar-refractivity contribution in [2.45, 2.75) is 57.4 Å². The van der Waals surface area contributed by atoms with Crippen LogP contribution >= 0.6 is 0 Å². The lowest BCUT2D eigenvalue weighted by Gasteiger charge is -2.20. The predicted octanol–water partition coefficient (Wildman–Crippen LogP) is 2.52. The highest BCUT2D eigenvalue weighted by Crippen LogP contribution is 2.25. The Kier molecular flexibility index (Phi) is 7.20. The smallest absolute Gasteiger partial charge is 0.240 e. The largest absolute Gasteiger partial charge is 0.312 e. The van der Waals surface area contributed by atoms with Gasteiger partial charge in [-0.1, -0.05) is 0 Å². The van der Waals surface area contributed by atoms with Gasteiger partial charge in [0.05, 0.1) is 4.90 Å². The molecule has 26 heavy (non-hydrogen) atoms. The Labute approximate surface area is 157 Å². The molecule has 2 rings (SSSR count). The van der Waals surface area contributed by atoms with Gasteiger partial charge in [-0.3, -0.25) is 4.79 Å². The highest BCUT2D eigenvalue weighted by atomic mass is 32.2. The summed E-state index contributed by atoms with van der Waals surface area (Å²) >= 11 is 0. The van der Waals surface area contributed by atoms with Crippen molar-refractivity contribution in [3.8, 4) is 0 Å². The Morgan fingerprint density at radius 3 is 2.58 bits per heavy atom. The van der Waals surface area contributed by atoms with Crippen molar-refractivity contribution >= 4 is 21.6 Å². The number of nitrogens with zero attached hydrogens (tertiary/aromatic N) is 2. The summed E-state index contributed by atoms with van der Waals surface area (Å²) in [6.45, 7) is 8.15. The topological polar surface area (TPSA) is 69.7 Å². The monoisotopic (exact) mass is 381 g/mol. The summed E-state index contributed by atoms with van der Waals surface area (Å²) in [5.41, 5.74) is 1.44. The van der Waals surface area contributed by atoms with Gasteiger partial charge < -0.3 is 9.80 Å². The second kappa shape index (κ2) is 8.97. The van der Waals surface area contributed by atoms with Crippen LogP contribution in [-0.2, 0) is 14.8 Å². The number of anilines is 1. The first kappa shape index (κ1) is 20.9. The zero-order chi connectivity index (χ0) is 19.3. The molecule has 1 N–H and O–H groups in total. The minimum absolute atomic E-state index is 0.101. The molecule has 6 nitrogen and oxygen atoms in total. The first-order valence-corrected chi connectivity index (χ1v) is 10.8. The third-order valence-corrected chi connectivity index (χ3v) is 6.57. The van der Waals surface area contributed by atoms with E-state index < -0.39 is 10.0 Å². The number of hydrogen-bond donors (Lipinski definition) is 1. The van der Waals surface area contributed by atoms with E-state index in [0.29, 0.717) is 31.1 Å². The summed E-state index contributed by atoms with van der Waals surface area (Å²) < 4.78 is 27.8. The number of carbonyl (C=O) groups excluding carboxylic acids is 1. The average Bonchev–Trinajstić information content (AvgIpc) is 2.99. The van der Waals surface area contributed by atoms with Gasteiger partial charge in [0.1, 0.15) is 0 Å². The Bertz CT molecular complexity index is 732. The highest BCUT2D eigenvalue weighted by Gasteiger charge is 2.23. The number of unbranched alkanes of at least 4 members (excludes halogenated alkanes) is 1. The first-order chi connectivity index (χ1) is 12.2. The first-order valence-electron chi connectivity index (χ1n) is 9.33. The summed E-state index contributed by atoms with van der Waals surface area (Å²) in [6.07, 6.45) is 3.17. The van der Waals surface area contributed by atoms with Crippen LogP contribution in [0.1, 0.15) is 45.1 Å². The van der Waals surface area contributed by atoms with E-state index in [1.54, 1.807) is 30.0 Å². The zero-order valence-electron chi connectivity index (χ0n) is 16.3. The second-order valence-corrected chi connectivity index (χ2v) is 9.01. The summed E-state index contributed by atoms with van der Waals surface area (Å²) in [4.78, 5) is 16.1. The Balaban J connectivity index is 1.93. The lowest BCUT2D eigenvalue weighted by Crippen LogP contribution is -2.29. The van der Waals surface area contributed by atoms with Crippen LogP contribution in [0.25, 0.3) is 0 Å². The van der Waals surface area contributed by atoms with Gasteiger partial charge >= 0.3 is 0 Å². The van der Waals surface area contributed by atoms with Crippen LogP contribution in [-0.4, -0.2) is 51.9 Å². The number of nitrogens with one attached hydrogen (secondary N) is 1. The summed E-state index contributed by atoms with van der Waals surface area (Å²) in [5.74, 6) is 0.101. The maximum atomic E-state index is 12.6. The molecule has 0 aliphatic carbocycles. The number of aryl methyl sites for hydroxylation is 1. The number of carbonyl (C=O) groups is 1. The van der Waals surface area contributed by atoms with Gasteiger partial charge in [-0.25, -0.2) is 13.1 Å². The Hall–Kier alpha value is -1.44. The standard InChI is InChI=1S/C19H31N3O3S/c1-15(2)21(4)12-6-5-11-20-26(24,25)18-10-9-17(14-16(18)3)22-13-7-8-19(22)23/h9-10,14-15,20H,5-8,11-13H2,1-4H3. The van der Waals surface area contributed by atoms with Gasteiger partial charge in [-0.05, 0) is 77.4 Å². The summed E-state index contributed by atoms with van der Waals surface area (Å²) in [6, 6.07) is 5.61. The second-order valence-electron chi connectivity index (χ2n) is 7.28. The lowest BCUT2D eigenvalue weighted by molar-refractivity contribution is -0.117. The maximum Gasteiger partial charge on any atom is 0.240 e. The van der Waals surface area contributed by atoms with Gasteiger partial charge in [-0.15, -0.1) is 0 Å². The fraction of sp³-hybridized carbons (Fsp3) is 0.632. The number of benzene rings is 1. The molecule has 1 aromatic rings. The molecule has 0 bridgehead atoms. The summed E-state index contributed by atoms with van der Waals surface area (Å²) in [5, 5.41) is 0. The van der Waals surface area contributed by atoms with E-state index in [1.165, 1.54) is 0 Å². The molecule has 1 fully saturated rings. The maximum absolute atomic E-state index is 12.6.